The van der Waals surface area contributed by atoms with Crippen LogP contribution in [0.15, 0.2) is 73.1 Å². The molecule has 0 fully saturated rings. The summed E-state index contributed by atoms with van der Waals surface area (Å²) in [5, 5.41) is 4.26. The second-order valence-corrected chi connectivity index (χ2v) is 6.69. The van der Waals surface area contributed by atoms with E-state index < -0.39 is 0 Å². The first kappa shape index (κ1) is 19.7. The summed E-state index contributed by atoms with van der Waals surface area (Å²) in [7, 11) is 5.14. The van der Waals surface area contributed by atoms with Gasteiger partial charge < -0.3 is 19.5 Å². The lowest BCUT2D eigenvalue weighted by Gasteiger charge is -2.19. The lowest BCUT2D eigenvalue weighted by atomic mass is 9.99. The van der Waals surface area contributed by atoms with Crippen LogP contribution in [0.2, 0.25) is 0 Å². The Morgan fingerprint density at radius 1 is 0.800 bits per heavy atom. The summed E-state index contributed by atoms with van der Waals surface area (Å²) in [5.74, 6) is 2.86. The van der Waals surface area contributed by atoms with Crippen molar-refractivity contribution in [2.75, 3.05) is 21.3 Å². The van der Waals surface area contributed by atoms with Gasteiger partial charge in [0.2, 0.25) is 0 Å². The van der Waals surface area contributed by atoms with Gasteiger partial charge in [0.15, 0.2) is 11.5 Å². The van der Waals surface area contributed by atoms with E-state index in [-0.39, 0.29) is 6.04 Å². The van der Waals surface area contributed by atoms with Gasteiger partial charge in [0.25, 0.3) is 0 Å². The number of aromatic nitrogens is 2. The second-order valence-electron chi connectivity index (χ2n) is 6.69. The van der Waals surface area contributed by atoms with Gasteiger partial charge >= 0.3 is 0 Å². The molecule has 0 aliphatic carbocycles. The average Bonchev–Trinajstić information content (AvgIpc) is 2.80. The minimum Gasteiger partial charge on any atom is -0.493 e. The van der Waals surface area contributed by atoms with E-state index in [2.05, 4.69) is 15.3 Å². The summed E-state index contributed by atoms with van der Waals surface area (Å²) in [6, 6.07) is 21.4. The SMILES string of the molecule is CN[C@H](c1ccc(Oc2ccccc2)cc1)c1ncnc2cc(OC)c(OC)cc12. The molecule has 30 heavy (non-hydrogen) atoms. The molecule has 152 valence electrons. The van der Waals surface area contributed by atoms with Crippen LogP contribution < -0.4 is 19.5 Å². The summed E-state index contributed by atoms with van der Waals surface area (Å²) in [6.45, 7) is 0. The van der Waals surface area contributed by atoms with Gasteiger partial charge in [0.05, 0.1) is 31.5 Å². The molecule has 0 radical (unpaired) electrons. The Labute approximate surface area is 175 Å². The lowest BCUT2D eigenvalue weighted by molar-refractivity contribution is 0.355. The largest absolute Gasteiger partial charge is 0.493 e. The van der Waals surface area contributed by atoms with Crippen LogP contribution in [0.5, 0.6) is 23.0 Å². The molecule has 0 bridgehead atoms. The highest BCUT2D eigenvalue weighted by Gasteiger charge is 2.19. The van der Waals surface area contributed by atoms with Crippen LogP contribution >= 0.6 is 0 Å². The third-order valence-electron chi connectivity index (χ3n) is 4.93. The number of nitrogens with one attached hydrogen (secondary N) is 1. The molecule has 4 aromatic rings. The Bertz CT molecular complexity index is 1130. The molecule has 3 aromatic carbocycles. The van der Waals surface area contributed by atoms with E-state index in [0.29, 0.717) is 11.5 Å². The molecule has 4 rings (SSSR count). The number of rotatable bonds is 7. The summed E-state index contributed by atoms with van der Waals surface area (Å²) in [6.07, 6.45) is 1.57. The zero-order chi connectivity index (χ0) is 20.9. The summed E-state index contributed by atoms with van der Waals surface area (Å²) >= 11 is 0. The average molecular weight is 401 g/mol. The summed E-state index contributed by atoms with van der Waals surface area (Å²) < 4.78 is 16.8. The minimum atomic E-state index is -0.126. The van der Waals surface area contributed by atoms with E-state index >= 15 is 0 Å². The lowest BCUT2D eigenvalue weighted by Crippen LogP contribution is -2.19. The van der Waals surface area contributed by atoms with Gasteiger partial charge in [-0.25, -0.2) is 9.97 Å². The highest BCUT2D eigenvalue weighted by Crippen LogP contribution is 2.35. The van der Waals surface area contributed by atoms with Crippen LogP contribution in [0.1, 0.15) is 17.3 Å². The van der Waals surface area contributed by atoms with Crippen LogP contribution in [0.3, 0.4) is 0 Å². The number of benzene rings is 3. The van der Waals surface area contributed by atoms with Crippen LogP contribution in [0.4, 0.5) is 0 Å². The van der Waals surface area contributed by atoms with Crippen LogP contribution in [-0.2, 0) is 0 Å². The van der Waals surface area contributed by atoms with E-state index in [4.69, 9.17) is 14.2 Å². The molecule has 0 unspecified atom stereocenters. The number of fused-ring (bicyclic) bond motifs is 1. The van der Waals surface area contributed by atoms with E-state index in [0.717, 1.165) is 33.7 Å². The molecule has 1 heterocycles. The first-order chi connectivity index (χ1) is 14.7. The Kier molecular flexibility index (Phi) is 5.77. The highest BCUT2D eigenvalue weighted by atomic mass is 16.5. The van der Waals surface area contributed by atoms with E-state index in [9.17, 15) is 0 Å². The number of hydrogen-bond donors (Lipinski definition) is 1. The second kappa shape index (κ2) is 8.80. The van der Waals surface area contributed by atoms with Gasteiger partial charge in [-0.15, -0.1) is 0 Å². The number of nitrogens with zero attached hydrogens (tertiary/aromatic N) is 2. The molecule has 0 aliphatic rings. The normalized spacial score (nSPS) is 11.8. The molecular formula is C24H23N3O3. The van der Waals surface area contributed by atoms with Crippen molar-refractivity contribution in [1.29, 1.82) is 0 Å². The third kappa shape index (κ3) is 3.90. The molecule has 1 N–H and O–H groups in total. The molecule has 1 aromatic heterocycles. The van der Waals surface area contributed by atoms with Crippen molar-refractivity contribution in [3.63, 3.8) is 0 Å². The molecule has 0 amide bonds. The quantitative estimate of drug-likeness (QED) is 0.482. The van der Waals surface area contributed by atoms with Gasteiger partial charge in [0.1, 0.15) is 17.8 Å². The zero-order valence-electron chi connectivity index (χ0n) is 17.1. The standard InChI is InChI=1S/C24H23N3O3/c1-25-23(16-9-11-18(12-10-16)30-17-7-5-4-6-8-17)24-19-13-21(28-2)22(29-3)14-20(19)26-15-27-24/h4-15,23,25H,1-3H3/t23-/m1/s1. The number of methoxy groups -OCH3 is 2. The maximum Gasteiger partial charge on any atom is 0.162 e. The first-order valence-electron chi connectivity index (χ1n) is 9.60. The molecule has 6 nitrogen and oxygen atoms in total. The van der Waals surface area contributed by atoms with Gasteiger partial charge in [-0.3, -0.25) is 0 Å². The first-order valence-corrected chi connectivity index (χ1v) is 9.60. The van der Waals surface area contributed by atoms with E-state index in [1.165, 1.54) is 0 Å². The third-order valence-corrected chi connectivity index (χ3v) is 4.93. The van der Waals surface area contributed by atoms with Crippen molar-refractivity contribution in [2.24, 2.45) is 0 Å². The smallest absolute Gasteiger partial charge is 0.162 e. The predicted molar refractivity (Wildman–Crippen MR) is 117 cm³/mol. The molecule has 6 heteroatoms. The van der Waals surface area contributed by atoms with Crippen molar-refractivity contribution >= 4 is 10.9 Å². The molecule has 1 atom stereocenters. The van der Waals surface area contributed by atoms with E-state index in [1.54, 1.807) is 20.5 Å². The van der Waals surface area contributed by atoms with Crippen LogP contribution in [0.25, 0.3) is 10.9 Å². The topological polar surface area (TPSA) is 65.5 Å². The van der Waals surface area contributed by atoms with Crippen molar-refractivity contribution < 1.29 is 14.2 Å². The zero-order valence-corrected chi connectivity index (χ0v) is 17.1. The maximum absolute atomic E-state index is 5.90. The van der Waals surface area contributed by atoms with Gasteiger partial charge in [-0.05, 0) is 42.9 Å². The van der Waals surface area contributed by atoms with E-state index in [1.807, 2.05) is 73.8 Å². The Morgan fingerprint density at radius 3 is 2.13 bits per heavy atom. The van der Waals surface area contributed by atoms with Crippen molar-refractivity contribution in [3.8, 4) is 23.0 Å². The number of ether oxygens (including phenoxy) is 3. The predicted octanol–water partition coefficient (Wildman–Crippen LogP) is 4.75. The molecule has 0 aliphatic heterocycles. The molecule has 0 saturated carbocycles. The van der Waals surface area contributed by atoms with Crippen LogP contribution in [0, 0.1) is 0 Å². The van der Waals surface area contributed by atoms with Crippen molar-refractivity contribution in [3.05, 3.63) is 84.3 Å². The van der Waals surface area contributed by atoms with Gasteiger partial charge in [-0.1, -0.05) is 30.3 Å². The number of hydrogen-bond acceptors (Lipinski definition) is 6. The minimum absolute atomic E-state index is 0.126. The summed E-state index contributed by atoms with van der Waals surface area (Å²) in [5.41, 5.74) is 2.72. The fourth-order valence-corrected chi connectivity index (χ4v) is 3.45. The Hall–Kier alpha value is -3.64. The van der Waals surface area contributed by atoms with Crippen molar-refractivity contribution in [2.45, 2.75) is 6.04 Å². The fraction of sp³-hybridized carbons (Fsp3) is 0.167. The summed E-state index contributed by atoms with van der Waals surface area (Å²) in [4.78, 5) is 8.98. The number of para-hydroxylation sites is 1. The highest BCUT2D eigenvalue weighted by molar-refractivity contribution is 5.85. The monoisotopic (exact) mass is 401 g/mol. The Balaban J connectivity index is 1.69. The molecular weight excluding hydrogens is 378 g/mol. The Morgan fingerprint density at radius 2 is 1.47 bits per heavy atom. The van der Waals surface area contributed by atoms with Gasteiger partial charge in [0, 0.05) is 11.5 Å². The molecule has 0 saturated heterocycles. The molecule has 0 spiro atoms. The van der Waals surface area contributed by atoms with Gasteiger partial charge in [-0.2, -0.15) is 0 Å². The fourth-order valence-electron chi connectivity index (χ4n) is 3.45. The van der Waals surface area contributed by atoms with Crippen LogP contribution in [-0.4, -0.2) is 31.2 Å². The maximum atomic E-state index is 5.90. The van der Waals surface area contributed by atoms with Crippen molar-refractivity contribution in [1.82, 2.24) is 15.3 Å².